The van der Waals surface area contributed by atoms with E-state index in [1.54, 1.807) is 0 Å². The van der Waals surface area contributed by atoms with Crippen LogP contribution in [0.1, 0.15) is 58.4 Å². The Morgan fingerprint density at radius 2 is 2.20 bits per heavy atom. The van der Waals surface area contributed by atoms with Gasteiger partial charge in [-0.2, -0.15) is 0 Å². The highest BCUT2D eigenvalue weighted by Crippen LogP contribution is 2.24. The van der Waals surface area contributed by atoms with Gasteiger partial charge in [-0.1, -0.05) is 38.8 Å². The van der Waals surface area contributed by atoms with Crippen molar-refractivity contribution in [2.24, 2.45) is 5.92 Å². The molecule has 0 amide bonds. The number of ether oxygens (including phenoxy) is 1. The summed E-state index contributed by atoms with van der Waals surface area (Å²) in [5.74, 6) is 1.87. The lowest BCUT2D eigenvalue weighted by molar-refractivity contribution is 0.217. The highest BCUT2D eigenvalue weighted by molar-refractivity contribution is 5.28. The lowest BCUT2D eigenvalue weighted by atomic mass is 9.87. The average molecular weight is 275 g/mol. The molecule has 2 heteroatoms. The summed E-state index contributed by atoms with van der Waals surface area (Å²) in [7, 11) is 0. The largest absolute Gasteiger partial charge is 0.491 e. The molecule has 0 spiro atoms. The first kappa shape index (κ1) is 15.4. The monoisotopic (exact) mass is 275 g/mol. The van der Waals surface area contributed by atoms with Crippen LogP contribution in [0.25, 0.3) is 0 Å². The molecule has 1 N–H and O–H groups in total. The summed E-state index contributed by atoms with van der Waals surface area (Å²) in [6.45, 7) is 7.60. The fourth-order valence-corrected chi connectivity index (χ4v) is 2.93. The zero-order valence-corrected chi connectivity index (χ0v) is 13.2. The van der Waals surface area contributed by atoms with Crippen molar-refractivity contribution in [3.05, 3.63) is 29.8 Å². The molecule has 0 bridgehead atoms. The molecule has 1 aromatic carbocycles. The fourth-order valence-electron chi connectivity index (χ4n) is 2.93. The predicted octanol–water partition coefficient (Wildman–Crippen LogP) is 4.53. The number of hydrogen-bond donors (Lipinski definition) is 1. The quantitative estimate of drug-likeness (QED) is 0.823. The van der Waals surface area contributed by atoms with Crippen molar-refractivity contribution >= 4 is 0 Å². The van der Waals surface area contributed by atoms with E-state index in [2.05, 4.69) is 50.4 Å². The molecule has 1 saturated carbocycles. The van der Waals surface area contributed by atoms with Gasteiger partial charge in [0.25, 0.3) is 0 Å². The maximum absolute atomic E-state index is 5.89. The minimum Gasteiger partial charge on any atom is -0.491 e. The van der Waals surface area contributed by atoms with Crippen LogP contribution in [0.3, 0.4) is 0 Å². The number of hydrogen-bond acceptors (Lipinski definition) is 2. The van der Waals surface area contributed by atoms with Crippen molar-refractivity contribution in [1.82, 2.24) is 5.32 Å². The zero-order chi connectivity index (χ0) is 14.4. The van der Waals surface area contributed by atoms with Crippen molar-refractivity contribution < 1.29 is 4.74 Å². The van der Waals surface area contributed by atoms with Crippen LogP contribution in [0.15, 0.2) is 24.3 Å². The van der Waals surface area contributed by atoms with E-state index < -0.39 is 0 Å². The molecule has 1 aromatic rings. The molecule has 1 fully saturated rings. The van der Waals surface area contributed by atoms with Crippen molar-refractivity contribution in [3.63, 3.8) is 0 Å². The molecule has 0 saturated heterocycles. The van der Waals surface area contributed by atoms with Crippen molar-refractivity contribution in [2.45, 2.75) is 71.6 Å². The molecular weight excluding hydrogens is 246 g/mol. The molecule has 0 aromatic heterocycles. The summed E-state index contributed by atoms with van der Waals surface area (Å²) < 4.78 is 5.89. The molecule has 3 atom stereocenters. The first-order valence-corrected chi connectivity index (χ1v) is 8.16. The Bertz CT molecular complexity index is 404. The van der Waals surface area contributed by atoms with Gasteiger partial charge in [0.2, 0.25) is 0 Å². The van der Waals surface area contributed by atoms with Crippen LogP contribution in [0, 0.1) is 5.92 Å². The Labute approximate surface area is 123 Å². The van der Waals surface area contributed by atoms with Crippen molar-refractivity contribution in [2.75, 3.05) is 0 Å². The summed E-state index contributed by atoms with van der Waals surface area (Å²) in [6.07, 6.45) is 6.75. The lowest BCUT2D eigenvalue weighted by Crippen LogP contribution is -2.33. The molecule has 1 aliphatic rings. The summed E-state index contributed by atoms with van der Waals surface area (Å²) in [5, 5.41) is 3.71. The average Bonchev–Trinajstić information content (AvgIpc) is 2.45. The number of nitrogens with one attached hydrogen (secondary N) is 1. The molecule has 112 valence electrons. The van der Waals surface area contributed by atoms with Gasteiger partial charge in [-0.25, -0.2) is 0 Å². The molecule has 2 rings (SSSR count). The standard InChI is InChI=1S/C18H29NO/c1-4-15(3)20-18-10-6-8-16(12-18)13-19-17-9-5-7-14(2)11-17/h6,8,10,12,14-15,17,19H,4-5,7,9,11,13H2,1-3H3. The second kappa shape index (κ2) is 7.68. The molecule has 0 radical (unpaired) electrons. The summed E-state index contributed by atoms with van der Waals surface area (Å²) >= 11 is 0. The van der Waals surface area contributed by atoms with E-state index in [1.165, 1.54) is 31.2 Å². The predicted molar refractivity (Wildman–Crippen MR) is 85.1 cm³/mol. The van der Waals surface area contributed by atoms with Crippen LogP contribution in [0.5, 0.6) is 5.75 Å². The summed E-state index contributed by atoms with van der Waals surface area (Å²) in [4.78, 5) is 0. The summed E-state index contributed by atoms with van der Waals surface area (Å²) in [5.41, 5.74) is 1.32. The molecular formula is C18H29NO. The Hall–Kier alpha value is -1.02. The van der Waals surface area contributed by atoms with E-state index in [1.807, 2.05) is 0 Å². The van der Waals surface area contributed by atoms with E-state index in [0.29, 0.717) is 6.04 Å². The molecule has 1 aliphatic carbocycles. The highest BCUT2D eigenvalue weighted by Gasteiger charge is 2.18. The topological polar surface area (TPSA) is 21.3 Å². The van der Waals surface area contributed by atoms with Crippen molar-refractivity contribution in [3.8, 4) is 5.75 Å². The Morgan fingerprint density at radius 3 is 2.95 bits per heavy atom. The number of rotatable bonds is 6. The minimum absolute atomic E-state index is 0.289. The second-order valence-corrected chi connectivity index (χ2v) is 6.33. The van der Waals surface area contributed by atoms with Crippen LogP contribution < -0.4 is 10.1 Å². The molecule has 0 heterocycles. The third kappa shape index (κ3) is 4.82. The highest BCUT2D eigenvalue weighted by atomic mass is 16.5. The first-order chi connectivity index (χ1) is 9.67. The van der Waals surface area contributed by atoms with Crippen LogP contribution in [0.2, 0.25) is 0 Å². The maximum Gasteiger partial charge on any atom is 0.120 e. The van der Waals surface area contributed by atoms with E-state index >= 15 is 0 Å². The molecule has 0 aliphatic heterocycles. The zero-order valence-electron chi connectivity index (χ0n) is 13.2. The minimum atomic E-state index is 0.289. The van der Waals surface area contributed by atoms with Gasteiger partial charge in [-0.15, -0.1) is 0 Å². The second-order valence-electron chi connectivity index (χ2n) is 6.33. The van der Waals surface area contributed by atoms with E-state index in [4.69, 9.17) is 4.74 Å². The van der Waals surface area contributed by atoms with Crippen LogP contribution >= 0.6 is 0 Å². The third-order valence-corrected chi connectivity index (χ3v) is 4.34. The fraction of sp³-hybridized carbons (Fsp3) is 0.667. The van der Waals surface area contributed by atoms with Gasteiger partial charge in [-0.05, 0) is 49.8 Å². The Balaban J connectivity index is 1.84. The smallest absolute Gasteiger partial charge is 0.120 e. The molecule has 3 unspecified atom stereocenters. The van der Waals surface area contributed by atoms with E-state index in [-0.39, 0.29) is 6.10 Å². The SMILES string of the molecule is CCC(C)Oc1cccc(CNC2CCCC(C)C2)c1. The van der Waals surface area contributed by atoms with Gasteiger partial charge in [0.1, 0.15) is 5.75 Å². The molecule has 20 heavy (non-hydrogen) atoms. The van der Waals surface area contributed by atoms with Gasteiger partial charge >= 0.3 is 0 Å². The summed E-state index contributed by atoms with van der Waals surface area (Å²) in [6, 6.07) is 9.20. The third-order valence-electron chi connectivity index (χ3n) is 4.34. The van der Waals surface area contributed by atoms with Gasteiger partial charge in [0, 0.05) is 12.6 Å². The normalized spacial score (nSPS) is 24.4. The van der Waals surface area contributed by atoms with E-state index in [0.717, 1.165) is 24.6 Å². The lowest BCUT2D eigenvalue weighted by Gasteiger charge is -2.27. The van der Waals surface area contributed by atoms with Gasteiger partial charge in [0.05, 0.1) is 6.10 Å². The Kier molecular flexibility index (Phi) is 5.90. The van der Waals surface area contributed by atoms with Gasteiger partial charge < -0.3 is 10.1 Å². The van der Waals surface area contributed by atoms with Gasteiger partial charge in [-0.3, -0.25) is 0 Å². The molecule has 2 nitrogen and oxygen atoms in total. The Morgan fingerprint density at radius 1 is 1.35 bits per heavy atom. The van der Waals surface area contributed by atoms with E-state index in [9.17, 15) is 0 Å². The van der Waals surface area contributed by atoms with Crippen molar-refractivity contribution in [1.29, 1.82) is 0 Å². The van der Waals surface area contributed by atoms with Gasteiger partial charge in [0.15, 0.2) is 0 Å². The first-order valence-electron chi connectivity index (χ1n) is 8.16. The van der Waals surface area contributed by atoms with Crippen LogP contribution in [0.4, 0.5) is 0 Å². The number of benzene rings is 1. The van der Waals surface area contributed by atoms with Crippen LogP contribution in [-0.2, 0) is 6.54 Å². The maximum atomic E-state index is 5.89. The van der Waals surface area contributed by atoms with Crippen LogP contribution in [-0.4, -0.2) is 12.1 Å².